The Morgan fingerprint density at radius 2 is 2.12 bits per heavy atom. The smallest absolute Gasteiger partial charge is 0.108 e. The maximum atomic E-state index is 9.28. The Labute approximate surface area is 96.5 Å². The molecule has 3 nitrogen and oxygen atoms in total. The quantitative estimate of drug-likeness (QED) is 0.790. The van der Waals surface area contributed by atoms with Gasteiger partial charge < -0.3 is 5.32 Å². The number of hydrogen-bond donors (Lipinski definition) is 2. The van der Waals surface area contributed by atoms with Gasteiger partial charge in [-0.3, -0.25) is 5.32 Å². The Morgan fingerprint density at radius 3 is 2.62 bits per heavy atom. The monoisotopic (exact) mass is 215 g/mol. The van der Waals surface area contributed by atoms with E-state index in [1.54, 1.807) is 0 Å². The molecule has 1 aromatic rings. The average Bonchev–Trinajstić information content (AvgIpc) is 2.25. The van der Waals surface area contributed by atoms with Crippen LogP contribution in [-0.4, -0.2) is 24.7 Å². The predicted octanol–water partition coefficient (Wildman–Crippen LogP) is 1.07. The molecule has 1 aliphatic heterocycles. The molecule has 1 atom stereocenters. The maximum absolute atomic E-state index is 9.28. The van der Waals surface area contributed by atoms with Crippen LogP contribution in [0.4, 0.5) is 0 Å². The molecule has 0 amide bonds. The van der Waals surface area contributed by atoms with Gasteiger partial charge in [-0.25, -0.2) is 0 Å². The Morgan fingerprint density at radius 1 is 1.44 bits per heavy atom. The van der Waals surface area contributed by atoms with E-state index in [1.165, 1.54) is 5.56 Å². The minimum absolute atomic E-state index is 0.438. The van der Waals surface area contributed by atoms with Crippen LogP contribution in [0.2, 0.25) is 0 Å². The van der Waals surface area contributed by atoms with Crippen LogP contribution in [0.25, 0.3) is 0 Å². The van der Waals surface area contributed by atoms with E-state index < -0.39 is 5.54 Å². The molecule has 0 saturated carbocycles. The van der Waals surface area contributed by atoms with Gasteiger partial charge >= 0.3 is 0 Å². The highest BCUT2D eigenvalue weighted by atomic mass is 15.1. The van der Waals surface area contributed by atoms with E-state index >= 15 is 0 Å². The van der Waals surface area contributed by atoms with E-state index in [0.29, 0.717) is 6.04 Å². The van der Waals surface area contributed by atoms with Crippen LogP contribution < -0.4 is 10.6 Å². The van der Waals surface area contributed by atoms with Gasteiger partial charge in [-0.15, -0.1) is 0 Å². The number of benzene rings is 1. The lowest BCUT2D eigenvalue weighted by Crippen LogP contribution is -2.62. The first-order chi connectivity index (χ1) is 7.72. The van der Waals surface area contributed by atoms with Crippen molar-refractivity contribution in [1.29, 1.82) is 5.26 Å². The van der Waals surface area contributed by atoms with Crippen molar-refractivity contribution in [1.82, 2.24) is 10.6 Å². The van der Waals surface area contributed by atoms with Gasteiger partial charge in [0.15, 0.2) is 0 Å². The van der Waals surface area contributed by atoms with Crippen molar-refractivity contribution in [3.8, 4) is 6.07 Å². The number of nitriles is 1. The third-order valence-corrected chi connectivity index (χ3v) is 2.95. The van der Waals surface area contributed by atoms with Crippen molar-refractivity contribution in [2.75, 3.05) is 13.1 Å². The van der Waals surface area contributed by atoms with Crippen LogP contribution in [0.15, 0.2) is 30.3 Å². The van der Waals surface area contributed by atoms with Gasteiger partial charge in [0.1, 0.15) is 5.54 Å². The molecule has 0 bridgehead atoms. The van der Waals surface area contributed by atoms with Gasteiger partial charge in [-0.2, -0.15) is 5.26 Å². The average molecular weight is 215 g/mol. The molecule has 2 rings (SSSR count). The van der Waals surface area contributed by atoms with Crippen LogP contribution in [0.3, 0.4) is 0 Å². The Hall–Kier alpha value is -1.37. The van der Waals surface area contributed by atoms with Gasteiger partial charge in [0.05, 0.1) is 6.07 Å². The summed E-state index contributed by atoms with van der Waals surface area (Å²) in [6.45, 7) is 3.90. The molecule has 3 heteroatoms. The second kappa shape index (κ2) is 4.65. The molecule has 1 aliphatic rings. The first-order valence-corrected chi connectivity index (χ1v) is 5.65. The van der Waals surface area contributed by atoms with Crippen LogP contribution in [0, 0.1) is 11.3 Å². The fraction of sp³-hybridized carbons (Fsp3) is 0.462. The number of hydrogen-bond acceptors (Lipinski definition) is 3. The van der Waals surface area contributed by atoms with Crippen molar-refractivity contribution in [2.45, 2.75) is 24.9 Å². The predicted molar refractivity (Wildman–Crippen MR) is 64.0 cm³/mol. The van der Waals surface area contributed by atoms with E-state index in [-0.39, 0.29) is 0 Å². The summed E-state index contributed by atoms with van der Waals surface area (Å²) in [4.78, 5) is 0. The van der Waals surface area contributed by atoms with Crippen LogP contribution in [0.1, 0.15) is 12.5 Å². The summed E-state index contributed by atoms with van der Waals surface area (Å²) in [5.74, 6) is 0. The van der Waals surface area contributed by atoms with Crippen LogP contribution in [0.5, 0.6) is 0 Å². The van der Waals surface area contributed by atoms with Gasteiger partial charge in [-0.05, 0) is 12.5 Å². The highest BCUT2D eigenvalue weighted by Gasteiger charge is 2.29. The largest absolute Gasteiger partial charge is 0.314 e. The van der Waals surface area contributed by atoms with E-state index in [0.717, 1.165) is 19.5 Å². The number of nitrogens with zero attached hydrogens (tertiary/aromatic N) is 1. The summed E-state index contributed by atoms with van der Waals surface area (Å²) in [6.07, 6.45) is 0.751. The molecule has 0 unspecified atom stereocenters. The van der Waals surface area contributed by atoms with E-state index in [1.807, 2.05) is 25.1 Å². The minimum atomic E-state index is -0.464. The highest BCUT2D eigenvalue weighted by Crippen LogP contribution is 2.14. The lowest BCUT2D eigenvalue weighted by atomic mass is 9.92. The zero-order valence-corrected chi connectivity index (χ0v) is 9.53. The molecule has 0 radical (unpaired) electrons. The van der Waals surface area contributed by atoms with Crippen molar-refractivity contribution in [3.05, 3.63) is 35.9 Å². The molecule has 84 valence electrons. The summed E-state index contributed by atoms with van der Waals surface area (Å²) in [5, 5.41) is 15.9. The van der Waals surface area contributed by atoms with Gasteiger partial charge in [0, 0.05) is 25.6 Å². The zero-order valence-electron chi connectivity index (χ0n) is 9.53. The fourth-order valence-corrected chi connectivity index (χ4v) is 1.97. The summed E-state index contributed by atoms with van der Waals surface area (Å²) >= 11 is 0. The molecule has 1 saturated heterocycles. The number of rotatable bonds is 4. The molecule has 1 aromatic carbocycles. The topological polar surface area (TPSA) is 47.9 Å². The third kappa shape index (κ3) is 2.60. The van der Waals surface area contributed by atoms with E-state index in [4.69, 9.17) is 0 Å². The highest BCUT2D eigenvalue weighted by molar-refractivity contribution is 5.21. The molecule has 1 fully saturated rings. The molecule has 0 spiro atoms. The molecule has 16 heavy (non-hydrogen) atoms. The zero-order chi connectivity index (χ0) is 11.4. The van der Waals surface area contributed by atoms with Gasteiger partial charge in [-0.1, -0.05) is 30.3 Å². The first kappa shape index (κ1) is 11.1. The van der Waals surface area contributed by atoms with Gasteiger partial charge in [0.2, 0.25) is 0 Å². The summed E-state index contributed by atoms with van der Waals surface area (Å²) in [7, 11) is 0. The second-order valence-corrected chi connectivity index (χ2v) is 4.61. The first-order valence-electron chi connectivity index (χ1n) is 5.65. The summed E-state index contributed by atoms with van der Waals surface area (Å²) in [6, 6.07) is 13.0. The maximum Gasteiger partial charge on any atom is 0.108 e. The minimum Gasteiger partial charge on any atom is -0.314 e. The van der Waals surface area contributed by atoms with Crippen molar-refractivity contribution >= 4 is 0 Å². The molecular formula is C13H17N3. The SMILES string of the molecule is C[C@@](C#N)(Cc1ccccc1)NC1CNC1. The van der Waals surface area contributed by atoms with Gasteiger partial charge in [0.25, 0.3) is 0 Å². The normalized spacial score (nSPS) is 19.5. The van der Waals surface area contributed by atoms with Crippen LogP contribution >= 0.6 is 0 Å². The molecule has 2 N–H and O–H groups in total. The summed E-state index contributed by atoms with van der Waals surface area (Å²) < 4.78 is 0. The molecule has 1 heterocycles. The lowest BCUT2D eigenvalue weighted by molar-refractivity contribution is 0.296. The Balaban J connectivity index is 2.01. The number of nitrogens with one attached hydrogen (secondary N) is 2. The van der Waals surface area contributed by atoms with Crippen molar-refractivity contribution in [2.24, 2.45) is 0 Å². The summed E-state index contributed by atoms with van der Waals surface area (Å²) in [5.41, 5.74) is 0.736. The third-order valence-electron chi connectivity index (χ3n) is 2.95. The Bertz CT molecular complexity index is 378. The van der Waals surface area contributed by atoms with Crippen molar-refractivity contribution < 1.29 is 0 Å². The Kier molecular flexibility index (Phi) is 3.23. The van der Waals surface area contributed by atoms with Crippen LogP contribution in [-0.2, 0) is 6.42 Å². The fourth-order valence-electron chi connectivity index (χ4n) is 1.97. The van der Waals surface area contributed by atoms with Crippen molar-refractivity contribution in [3.63, 3.8) is 0 Å². The molecule has 0 aliphatic carbocycles. The van der Waals surface area contributed by atoms with E-state index in [2.05, 4.69) is 28.8 Å². The molecular weight excluding hydrogens is 198 g/mol. The van der Waals surface area contributed by atoms with E-state index in [9.17, 15) is 5.26 Å². The second-order valence-electron chi connectivity index (χ2n) is 4.61. The molecule has 0 aromatic heterocycles. The standard InChI is InChI=1S/C13H17N3/c1-13(10-14,16-12-8-15-9-12)7-11-5-3-2-4-6-11/h2-6,12,15-16H,7-9H2,1H3/t13-/m0/s1. The lowest BCUT2D eigenvalue weighted by Gasteiger charge is -2.35.